The first-order valence-electron chi connectivity index (χ1n) is 7.93. The van der Waals surface area contributed by atoms with Gasteiger partial charge in [-0.1, -0.05) is 32.6 Å². The predicted molar refractivity (Wildman–Crippen MR) is 103 cm³/mol. The Hall–Kier alpha value is -0.440. The largest absolute Gasteiger partial charge is 0.480 e. The van der Waals surface area contributed by atoms with Gasteiger partial charge in [-0.05, 0) is 40.5 Å². The number of carboxylic acid groups (broad SMARTS) is 2. The minimum Gasteiger partial charge on any atom is -0.480 e. The smallest absolute Gasteiger partial charge is 0.318 e. The Morgan fingerprint density at radius 2 is 1.12 bits per heavy atom. The quantitative estimate of drug-likeness (QED) is 0.217. The Kier molecular flexibility index (Phi) is 17.6. The molecule has 0 aromatic carbocycles. The van der Waals surface area contributed by atoms with E-state index in [1.807, 2.05) is 0 Å². The van der Waals surface area contributed by atoms with Crippen molar-refractivity contribution in [1.29, 1.82) is 0 Å². The zero-order valence-corrected chi connectivity index (χ0v) is 17.1. The van der Waals surface area contributed by atoms with Crippen LogP contribution in [0.1, 0.15) is 73.1 Å². The summed E-state index contributed by atoms with van der Waals surface area (Å²) in [6, 6.07) is 0. The highest BCUT2D eigenvalue weighted by atomic mass is 32.1. The molecule has 0 aliphatic carbocycles. The van der Waals surface area contributed by atoms with E-state index < -0.39 is 27.7 Å². The standard InChI is InChI=1S/C8H18O2.2C4H8O2S/c1-2-3-4-5-6-7-8(9)10;2*1-4(2,7)3(5)6/h8-10H,2-7H2,1H3;2*7H,1-2H3,(H,5,6). The second kappa shape index (κ2) is 14.9. The fraction of sp³-hybridized carbons (Fsp3) is 0.875. The molecule has 0 saturated heterocycles. The van der Waals surface area contributed by atoms with Crippen LogP contribution in [0.15, 0.2) is 0 Å². The number of carbonyl (C=O) groups is 2. The van der Waals surface area contributed by atoms with Crippen molar-refractivity contribution in [2.75, 3.05) is 0 Å². The summed E-state index contributed by atoms with van der Waals surface area (Å²) in [5.41, 5.74) is 0. The maximum atomic E-state index is 9.94. The van der Waals surface area contributed by atoms with Crippen molar-refractivity contribution >= 4 is 37.2 Å². The number of unbranched alkanes of at least 4 members (excludes halogenated alkanes) is 4. The lowest BCUT2D eigenvalue weighted by molar-refractivity contribution is -0.139. The van der Waals surface area contributed by atoms with Crippen LogP contribution in [0.3, 0.4) is 0 Å². The van der Waals surface area contributed by atoms with Crippen LogP contribution in [0, 0.1) is 0 Å². The molecule has 4 N–H and O–H groups in total. The van der Waals surface area contributed by atoms with E-state index in [1.165, 1.54) is 47.0 Å². The third kappa shape index (κ3) is 26.5. The number of aliphatic carboxylic acids is 2. The molecular formula is C16H34O6S2. The molecule has 0 radical (unpaired) electrons. The van der Waals surface area contributed by atoms with Gasteiger partial charge in [0.1, 0.15) is 9.49 Å². The summed E-state index contributed by atoms with van der Waals surface area (Å²) < 4.78 is -1.78. The van der Waals surface area contributed by atoms with Gasteiger partial charge >= 0.3 is 11.9 Å². The minimum atomic E-state index is -1.10. The van der Waals surface area contributed by atoms with Gasteiger partial charge in [-0.15, -0.1) is 0 Å². The maximum absolute atomic E-state index is 9.94. The molecule has 146 valence electrons. The Labute approximate surface area is 156 Å². The van der Waals surface area contributed by atoms with Crippen molar-refractivity contribution in [3.63, 3.8) is 0 Å². The van der Waals surface area contributed by atoms with Crippen molar-refractivity contribution < 1.29 is 30.0 Å². The first kappa shape index (κ1) is 28.4. The van der Waals surface area contributed by atoms with Gasteiger partial charge in [0, 0.05) is 0 Å². The fourth-order valence-corrected chi connectivity index (χ4v) is 0.930. The van der Waals surface area contributed by atoms with Gasteiger partial charge in [-0.2, -0.15) is 25.3 Å². The van der Waals surface area contributed by atoms with Gasteiger partial charge in [-0.3, -0.25) is 9.59 Å². The number of aliphatic hydroxyl groups is 2. The van der Waals surface area contributed by atoms with E-state index >= 15 is 0 Å². The van der Waals surface area contributed by atoms with E-state index in [9.17, 15) is 9.59 Å². The lowest BCUT2D eigenvalue weighted by Gasteiger charge is -2.07. The zero-order chi connectivity index (χ0) is 20.0. The highest BCUT2D eigenvalue weighted by Crippen LogP contribution is 2.10. The lowest BCUT2D eigenvalue weighted by Crippen LogP contribution is -2.23. The van der Waals surface area contributed by atoms with E-state index in [1.54, 1.807) is 0 Å². The highest BCUT2D eigenvalue weighted by molar-refractivity contribution is 7.82. The number of carboxylic acids is 2. The molecule has 0 bridgehead atoms. The third-order valence-corrected chi connectivity index (χ3v) is 3.00. The average Bonchev–Trinajstić information content (AvgIpc) is 2.37. The van der Waals surface area contributed by atoms with E-state index in [0.717, 1.165) is 12.8 Å². The molecule has 0 heterocycles. The normalized spacial score (nSPS) is 11.1. The number of hydrogen-bond acceptors (Lipinski definition) is 6. The summed E-state index contributed by atoms with van der Waals surface area (Å²) in [4.78, 5) is 19.9. The molecule has 0 aliphatic rings. The first-order valence-corrected chi connectivity index (χ1v) is 8.83. The lowest BCUT2D eigenvalue weighted by atomic mass is 10.1. The van der Waals surface area contributed by atoms with Gasteiger partial charge in [0.2, 0.25) is 0 Å². The number of thiol groups is 2. The Morgan fingerprint density at radius 3 is 1.33 bits per heavy atom. The van der Waals surface area contributed by atoms with Crippen LogP contribution < -0.4 is 0 Å². The zero-order valence-electron chi connectivity index (χ0n) is 15.3. The molecule has 0 rings (SSSR count). The fourth-order valence-electron chi connectivity index (χ4n) is 0.930. The molecule has 0 atom stereocenters. The van der Waals surface area contributed by atoms with Crippen molar-refractivity contribution in [3.8, 4) is 0 Å². The van der Waals surface area contributed by atoms with Crippen LogP contribution in [0.25, 0.3) is 0 Å². The van der Waals surface area contributed by atoms with Crippen molar-refractivity contribution in [2.24, 2.45) is 0 Å². The van der Waals surface area contributed by atoms with Crippen molar-refractivity contribution in [1.82, 2.24) is 0 Å². The summed E-state index contributed by atoms with van der Waals surface area (Å²) in [5.74, 6) is -1.79. The monoisotopic (exact) mass is 386 g/mol. The number of rotatable bonds is 8. The van der Waals surface area contributed by atoms with Gasteiger partial charge in [-0.25, -0.2) is 0 Å². The van der Waals surface area contributed by atoms with E-state index in [2.05, 4.69) is 32.2 Å². The molecule has 0 amide bonds. The molecule has 0 aromatic rings. The van der Waals surface area contributed by atoms with E-state index in [-0.39, 0.29) is 0 Å². The van der Waals surface area contributed by atoms with Gasteiger partial charge in [0.25, 0.3) is 0 Å². The summed E-state index contributed by atoms with van der Waals surface area (Å²) in [7, 11) is 0. The van der Waals surface area contributed by atoms with E-state index in [0.29, 0.717) is 6.42 Å². The molecule has 0 aliphatic heterocycles. The maximum Gasteiger partial charge on any atom is 0.318 e. The number of hydrogen-bond donors (Lipinski definition) is 6. The van der Waals surface area contributed by atoms with Crippen LogP contribution in [0.2, 0.25) is 0 Å². The SMILES string of the molecule is CC(C)(S)C(=O)O.CC(C)(S)C(=O)O.CCCCCCCC(O)O. The summed E-state index contributed by atoms with van der Waals surface area (Å²) >= 11 is 7.50. The Balaban J connectivity index is -0.000000283. The van der Waals surface area contributed by atoms with Gasteiger partial charge in [0.05, 0.1) is 0 Å². The minimum absolute atomic E-state index is 0.531. The molecule has 24 heavy (non-hydrogen) atoms. The summed E-state index contributed by atoms with van der Waals surface area (Å²) in [6.07, 6.45) is 5.24. The second-order valence-electron chi connectivity index (χ2n) is 6.41. The Bertz CT molecular complexity index is 308. The van der Waals surface area contributed by atoms with Crippen molar-refractivity contribution in [3.05, 3.63) is 0 Å². The molecule has 0 spiro atoms. The third-order valence-electron chi connectivity index (χ3n) is 2.61. The van der Waals surface area contributed by atoms with Crippen LogP contribution in [-0.4, -0.2) is 48.1 Å². The highest BCUT2D eigenvalue weighted by Gasteiger charge is 2.20. The molecular weight excluding hydrogens is 352 g/mol. The molecule has 6 nitrogen and oxygen atoms in total. The molecule has 8 heteroatoms. The molecule has 0 saturated carbocycles. The summed E-state index contributed by atoms with van der Waals surface area (Å²) in [6.45, 7) is 8.27. The average molecular weight is 387 g/mol. The molecule has 0 aromatic heterocycles. The molecule has 0 fully saturated rings. The topological polar surface area (TPSA) is 115 Å². The summed E-state index contributed by atoms with van der Waals surface area (Å²) in [5, 5.41) is 33.3. The van der Waals surface area contributed by atoms with Crippen LogP contribution >= 0.6 is 25.3 Å². The van der Waals surface area contributed by atoms with Crippen LogP contribution in [0.4, 0.5) is 0 Å². The van der Waals surface area contributed by atoms with E-state index in [4.69, 9.17) is 20.4 Å². The predicted octanol–water partition coefficient (Wildman–Crippen LogP) is 3.22. The number of aliphatic hydroxyl groups excluding tert-OH is 1. The van der Waals surface area contributed by atoms with Gasteiger partial charge in [0.15, 0.2) is 6.29 Å². The second-order valence-corrected chi connectivity index (χ2v) is 8.65. The first-order chi connectivity index (χ1) is 10.7. The van der Waals surface area contributed by atoms with Crippen molar-refractivity contribution in [2.45, 2.75) is 88.9 Å². The van der Waals surface area contributed by atoms with Crippen LogP contribution in [0.5, 0.6) is 0 Å². The molecule has 0 unspecified atom stereocenters. The Morgan fingerprint density at radius 1 is 0.833 bits per heavy atom. The van der Waals surface area contributed by atoms with Gasteiger partial charge < -0.3 is 20.4 Å². The van der Waals surface area contributed by atoms with Crippen LogP contribution in [-0.2, 0) is 9.59 Å².